The van der Waals surface area contributed by atoms with Crippen molar-refractivity contribution >= 4 is 17.3 Å². The maximum atomic E-state index is 12.2. The first-order valence-electron chi connectivity index (χ1n) is 3.46. The molecule has 0 atom stereocenters. The second-order valence-electron chi connectivity index (χ2n) is 2.66. The topological polar surface area (TPSA) is 26.0 Å². The lowest BCUT2D eigenvalue weighted by Gasteiger charge is -2.11. The number of benzene rings is 1. The quantitative estimate of drug-likeness (QED) is 0.652. The van der Waals surface area contributed by atoms with Crippen LogP contribution in [-0.4, -0.2) is 0 Å². The molecule has 1 aromatic carbocycles. The molecule has 1 nitrogen and oxygen atoms in total. The molecule has 0 aliphatic carbocycles. The molecule has 1 aromatic rings. The van der Waals surface area contributed by atoms with Crippen molar-refractivity contribution in [1.29, 1.82) is 0 Å². The Morgan fingerprint density at radius 3 is 2.31 bits per heavy atom. The Labute approximate surface area is 78.3 Å². The van der Waals surface area contributed by atoms with E-state index in [-0.39, 0.29) is 5.69 Å². The van der Waals surface area contributed by atoms with E-state index in [1.54, 1.807) is 6.92 Å². The Hall–Kier alpha value is -0.900. The molecular weight excluding hydrogens is 203 g/mol. The highest BCUT2D eigenvalue weighted by Gasteiger charge is 2.33. The van der Waals surface area contributed by atoms with Crippen molar-refractivity contribution in [2.45, 2.75) is 13.1 Å². The zero-order chi connectivity index (χ0) is 10.2. The largest absolute Gasteiger partial charge is 0.417 e. The van der Waals surface area contributed by atoms with E-state index < -0.39 is 16.8 Å². The van der Waals surface area contributed by atoms with Crippen molar-refractivity contribution in [3.05, 3.63) is 28.3 Å². The van der Waals surface area contributed by atoms with Crippen molar-refractivity contribution in [1.82, 2.24) is 0 Å². The average Bonchev–Trinajstić information content (AvgIpc) is 1.98. The molecule has 1 rings (SSSR count). The number of halogens is 4. The zero-order valence-electron chi connectivity index (χ0n) is 6.74. The molecule has 0 aliphatic rings. The van der Waals surface area contributed by atoms with Crippen LogP contribution in [0.1, 0.15) is 11.1 Å². The summed E-state index contributed by atoms with van der Waals surface area (Å²) in [6.07, 6.45) is -4.45. The summed E-state index contributed by atoms with van der Waals surface area (Å²) in [4.78, 5) is 0. The van der Waals surface area contributed by atoms with Gasteiger partial charge < -0.3 is 5.73 Å². The number of nitrogens with two attached hydrogens (primary N) is 1. The Balaban J connectivity index is 3.35. The Morgan fingerprint density at radius 2 is 1.85 bits per heavy atom. The van der Waals surface area contributed by atoms with Gasteiger partial charge in [-0.3, -0.25) is 0 Å². The van der Waals surface area contributed by atoms with E-state index in [1.807, 2.05) is 0 Å². The molecule has 0 aromatic heterocycles. The summed E-state index contributed by atoms with van der Waals surface area (Å²) in [5.74, 6) is 0. The van der Waals surface area contributed by atoms with Crippen LogP contribution in [0.4, 0.5) is 18.9 Å². The number of anilines is 1. The summed E-state index contributed by atoms with van der Waals surface area (Å²) in [6, 6.07) is 2.22. The number of nitrogen functional groups attached to an aromatic ring is 1. The Kier molecular flexibility index (Phi) is 2.43. The minimum atomic E-state index is -4.45. The second kappa shape index (κ2) is 3.10. The number of alkyl halides is 3. The minimum Gasteiger partial charge on any atom is -0.397 e. The molecule has 0 saturated heterocycles. The first kappa shape index (κ1) is 10.2. The lowest BCUT2D eigenvalue weighted by Crippen LogP contribution is -2.07. The third-order valence-corrected chi connectivity index (χ3v) is 2.11. The molecule has 2 N–H and O–H groups in total. The van der Waals surface area contributed by atoms with Crippen LogP contribution in [-0.2, 0) is 6.18 Å². The summed E-state index contributed by atoms with van der Waals surface area (Å²) in [6.45, 7) is 1.60. The zero-order valence-corrected chi connectivity index (χ0v) is 7.50. The van der Waals surface area contributed by atoms with Gasteiger partial charge in [-0.2, -0.15) is 13.2 Å². The van der Waals surface area contributed by atoms with E-state index in [0.29, 0.717) is 5.56 Å². The van der Waals surface area contributed by atoms with Crippen LogP contribution in [0.2, 0.25) is 5.02 Å². The predicted molar refractivity (Wildman–Crippen MR) is 45.6 cm³/mol. The third kappa shape index (κ3) is 1.88. The molecule has 0 heterocycles. The molecule has 0 aliphatic heterocycles. The summed E-state index contributed by atoms with van der Waals surface area (Å²) in [7, 11) is 0. The number of hydrogen-bond donors (Lipinski definition) is 1. The van der Waals surface area contributed by atoms with Gasteiger partial charge in [-0.15, -0.1) is 0 Å². The summed E-state index contributed by atoms with van der Waals surface area (Å²) < 4.78 is 36.7. The fourth-order valence-corrected chi connectivity index (χ4v) is 1.23. The van der Waals surface area contributed by atoms with Gasteiger partial charge in [0.2, 0.25) is 0 Å². The smallest absolute Gasteiger partial charge is 0.397 e. The van der Waals surface area contributed by atoms with Crippen LogP contribution in [0.15, 0.2) is 12.1 Å². The van der Waals surface area contributed by atoms with Gasteiger partial charge in [0.25, 0.3) is 0 Å². The van der Waals surface area contributed by atoms with Crippen LogP contribution >= 0.6 is 11.6 Å². The van der Waals surface area contributed by atoms with E-state index in [2.05, 4.69) is 0 Å². The minimum absolute atomic E-state index is 0.0171. The molecule has 0 radical (unpaired) electrons. The van der Waals surface area contributed by atoms with Gasteiger partial charge in [0.05, 0.1) is 16.3 Å². The van der Waals surface area contributed by atoms with Gasteiger partial charge in [-0.05, 0) is 18.6 Å². The van der Waals surface area contributed by atoms with Crippen molar-refractivity contribution < 1.29 is 13.2 Å². The van der Waals surface area contributed by atoms with E-state index in [0.717, 1.165) is 6.07 Å². The van der Waals surface area contributed by atoms with Crippen LogP contribution < -0.4 is 5.73 Å². The van der Waals surface area contributed by atoms with Gasteiger partial charge >= 0.3 is 6.18 Å². The summed E-state index contributed by atoms with van der Waals surface area (Å²) in [5.41, 5.74) is 4.98. The first-order valence-corrected chi connectivity index (χ1v) is 3.83. The Morgan fingerprint density at radius 1 is 1.31 bits per heavy atom. The fourth-order valence-electron chi connectivity index (χ4n) is 0.908. The molecule has 72 valence electrons. The molecule has 0 bridgehead atoms. The highest BCUT2D eigenvalue weighted by atomic mass is 35.5. The number of aryl methyl sites for hydroxylation is 1. The predicted octanol–water partition coefficient (Wildman–Crippen LogP) is 3.25. The molecule has 0 unspecified atom stereocenters. The standard InChI is InChI=1S/C8H7ClF3N/c1-4-2-3-5(8(10,11)12)6(9)7(4)13/h2-3H,13H2,1H3. The van der Waals surface area contributed by atoms with E-state index in [1.165, 1.54) is 6.07 Å². The molecular formula is C8H7ClF3N. The SMILES string of the molecule is Cc1ccc(C(F)(F)F)c(Cl)c1N. The van der Waals surface area contributed by atoms with Crippen molar-refractivity contribution in [2.75, 3.05) is 5.73 Å². The third-order valence-electron chi connectivity index (χ3n) is 1.70. The van der Waals surface area contributed by atoms with E-state index in [9.17, 15) is 13.2 Å². The average molecular weight is 210 g/mol. The van der Waals surface area contributed by atoms with Gasteiger partial charge in [-0.25, -0.2) is 0 Å². The van der Waals surface area contributed by atoms with Gasteiger partial charge in [-0.1, -0.05) is 17.7 Å². The van der Waals surface area contributed by atoms with Crippen molar-refractivity contribution in [3.8, 4) is 0 Å². The highest BCUT2D eigenvalue weighted by molar-refractivity contribution is 6.34. The lowest BCUT2D eigenvalue weighted by molar-refractivity contribution is -0.137. The van der Waals surface area contributed by atoms with E-state index >= 15 is 0 Å². The molecule has 0 fully saturated rings. The highest BCUT2D eigenvalue weighted by Crippen LogP contribution is 2.38. The number of hydrogen-bond acceptors (Lipinski definition) is 1. The molecule has 0 saturated carbocycles. The summed E-state index contributed by atoms with van der Waals surface area (Å²) >= 11 is 5.44. The molecule has 13 heavy (non-hydrogen) atoms. The Bertz CT molecular complexity index is 333. The van der Waals surface area contributed by atoms with Crippen molar-refractivity contribution in [2.24, 2.45) is 0 Å². The van der Waals surface area contributed by atoms with Gasteiger partial charge in [0.15, 0.2) is 0 Å². The molecule has 0 amide bonds. The van der Waals surface area contributed by atoms with Crippen LogP contribution in [0.25, 0.3) is 0 Å². The second-order valence-corrected chi connectivity index (χ2v) is 3.03. The summed E-state index contributed by atoms with van der Waals surface area (Å²) in [5, 5.41) is -0.424. The first-order chi connectivity index (χ1) is 5.84. The van der Waals surface area contributed by atoms with Crippen LogP contribution in [0.3, 0.4) is 0 Å². The van der Waals surface area contributed by atoms with Gasteiger partial charge in [0, 0.05) is 0 Å². The van der Waals surface area contributed by atoms with Crippen molar-refractivity contribution in [3.63, 3.8) is 0 Å². The van der Waals surface area contributed by atoms with E-state index in [4.69, 9.17) is 17.3 Å². The maximum Gasteiger partial charge on any atom is 0.417 e. The van der Waals surface area contributed by atoms with Crippen LogP contribution in [0.5, 0.6) is 0 Å². The maximum absolute atomic E-state index is 12.2. The monoisotopic (exact) mass is 209 g/mol. The normalized spacial score (nSPS) is 11.8. The molecule has 0 spiro atoms. The fraction of sp³-hybridized carbons (Fsp3) is 0.250. The van der Waals surface area contributed by atoms with Gasteiger partial charge in [0.1, 0.15) is 0 Å². The lowest BCUT2D eigenvalue weighted by atomic mass is 10.1. The van der Waals surface area contributed by atoms with Crippen LogP contribution in [0, 0.1) is 6.92 Å². The number of rotatable bonds is 0. The molecule has 5 heteroatoms.